The van der Waals surface area contributed by atoms with Gasteiger partial charge in [0.1, 0.15) is 12.7 Å². The first-order valence-corrected chi connectivity index (χ1v) is 9.71. The number of rotatable bonds is 4. The number of ether oxygens (including phenoxy) is 1. The molecule has 0 amide bonds. The van der Waals surface area contributed by atoms with Crippen molar-refractivity contribution in [1.29, 1.82) is 0 Å². The van der Waals surface area contributed by atoms with Crippen molar-refractivity contribution in [1.82, 2.24) is 29.5 Å². The fourth-order valence-corrected chi connectivity index (χ4v) is 3.57. The molecule has 31 heavy (non-hydrogen) atoms. The van der Waals surface area contributed by atoms with E-state index in [0.717, 1.165) is 0 Å². The zero-order valence-corrected chi connectivity index (χ0v) is 16.3. The molecule has 0 bridgehead atoms. The monoisotopic (exact) mass is 427 g/mol. The molecule has 1 atom stereocenters. The van der Waals surface area contributed by atoms with Gasteiger partial charge in [0.25, 0.3) is 6.43 Å². The quantitative estimate of drug-likeness (QED) is 0.682. The molecule has 2 aliphatic rings. The number of morpholine rings is 1. The molecule has 3 aromatic rings. The first-order valence-electron chi connectivity index (χ1n) is 9.71. The van der Waals surface area contributed by atoms with Crippen LogP contribution in [-0.2, 0) is 4.74 Å². The minimum Gasteiger partial charge on any atom is -0.379 e. The number of hydrogen-bond acceptors (Lipinski definition) is 9. The van der Waals surface area contributed by atoms with Gasteiger partial charge in [-0.15, -0.1) is 0 Å². The van der Waals surface area contributed by atoms with Gasteiger partial charge in [-0.05, 0) is 12.1 Å². The molecule has 0 radical (unpaired) electrons. The lowest BCUT2D eigenvalue weighted by molar-refractivity contribution is -0.0805. The van der Waals surface area contributed by atoms with E-state index in [9.17, 15) is 8.78 Å². The summed E-state index contributed by atoms with van der Waals surface area (Å²) in [5.41, 5.74) is 1.62. The summed E-state index contributed by atoms with van der Waals surface area (Å²) >= 11 is 0. The third-order valence-electron chi connectivity index (χ3n) is 4.95. The molecule has 1 aromatic carbocycles. The third kappa shape index (κ3) is 3.82. The van der Waals surface area contributed by atoms with Gasteiger partial charge in [0.2, 0.25) is 12.2 Å². The second-order valence-corrected chi connectivity index (χ2v) is 6.87. The molecule has 1 fully saturated rings. The Labute approximate surface area is 175 Å². The van der Waals surface area contributed by atoms with Crippen molar-refractivity contribution in [2.45, 2.75) is 12.7 Å². The highest BCUT2D eigenvalue weighted by atomic mass is 19.3. The number of aromatic nitrogens is 4. The minimum atomic E-state index is -2.77. The largest absolute Gasteiger partial charge is 0.379 e. The number of aliphatic imine (C=N–C) groups is 2. The molecular weight excluding hydrogens is 408 g/mol. The van der Waals surface area contributed by atoms with Crippen LogP contribution in [0.5, 0.6) is 0 Å². The lowest BCUT2D eigenvalue weighted by atomic mass is 10.3. The molecule has 1 saturated heterocycles. The van der Waals surface area contributed by atoms with E-state index in [1.165, 1.54) is 10.9 Å². The topological polar surface area (TPSA) is 96.1 Å². The summed E-state index contributed by atoms with van der Waals surface area (Å²) in [6.45, 7) is 2.23. The average Bonchev–Trinajstić information content (AvgIpc) is 3.20. The fourth-order valence-electron chi connectivity index (χ4n) is 3.57. The molecule has 10 nitrogen and oxygen atoms in total. The Morgan fingerprint density at radius 2 is 1.87 bits per heavy atom. The number of alkyl halides is 2. The number of hydrazine groups is 1. The Hall–Kier alpha value is -3.51. The summed E-state index contributed by atoms with van der Waals surface area (Å²) in [7, 11) is 0. The number of halogens is 2. The van der Waals surface area contributed by atoms with E-state index in [0.29, 0.717) is 43.0 Å². The summed E-state index contributed by atoms with van der Waals surface area (Å²) < 4.78 is 34.9. The van der Waals surface area contributed by atoms with Gasteiger partial charge in [-0.25, -0.2) is 38.7 Å². The normalized spacial score (nSPS) is 19.8. The average molecular weight is 427 g/mol. The predicted molar refractivity (Wildman–Crippen MR) is 110 cm³/mol. The lowest BCUT2D eigenvalue weighted by Gasteiger charge is -2.41. The zero-order chi connectivity index (χ0) is 21.2. The molecule has 2 aromatic heterocycles. The van der Waals surface area contributed by atoms with Crippen molar-refractivity contribution in [3.8, 4) is 0 Å². The van der Waals surface area contributed by atoms with Crippen molar-refractivity contribution in [3.63, 3.8) is 0 Å². The van der Waals surface area contributed by atoms with Crippen LogP contribution in [0.15, 0.2) is 53.0 Å². The van der Waals surface area contributed by atoms with Gasteiger partial charge in [-0.1, -0.05) is 12.1 Å². The van der Waals surface area contributed by atoms with E-state index < -0.39 is 12.7 Å². The number of anilines is 1. The maximum Gasteiger partial charge on any atom is 0.295 e. The van der Waals surface area contributed by atoms with Crippen LogP contribution in [0.1, 0.15) is 18.5 Å². The highest BCUT2D eigenvalue weighted by molar-refractivity contribution is 5.99. The van der Waals surface area contributed by atoms with Crippen molar-refractivity contribution in [2.75, 3.05) is 31.6 Å². The van der Waals surface area contributed by atoms with Gasteiger partial charge in [-0.2, -0.15) is 0 Å². The van der Waals surface area contributed by atoms with Crippen LogP contribution in [-0.4, -0.2) is 68.1 Å². The molecule has 5 rings (SSSR count). The fraction of sp³-hybridized carbons (Fsp3) is 0.316. The molecule has 2 aliphatic heterocycles. The van der Waals surface area contributed by atoms with Gasteiger partial charge in [0.05, 0.1) is 42.3 Å². The Morgan fingerprint density at radius 3 is 2.65 bits per heavy atom. The van der Waals surface area contributed by atoms with Gasteiger partial charge >= 0.3 is 0 Å². The molecule has 1 N–H and O–H groups in total. The highest BCUT2D eigenvalue weighted by Crippen LogP contribution is 2.31. The van der Waals surface area contributed by atoms with Crippen LogP contribution < -0.4 is 5.32 Å². The standard InChI is InChI=1S/C19H19F2N9O/c20-16(21)17-26-14-3-1-2-4-15(14)30(17)19-27-18(25-13-9-22-11-23-10-13)24-12-29(19)28-5-7-31-8-6-28/h1-4,9-12,16,19H,5-8H2,(H,25,27). The van der Waals surface area contributed by atoms with Crippen molar-refractivity contribution in [2.24, 2.45) is 9.98 Å². The Balaban J connectivity index is 1.60. The van der Waals surface area contributed by atoms with E-state index in [1.54, 1.807) is 48.0 Å². The van der Waals surface area contributed by atoms with Crippen molar-refractivity contribution in [3.05, 3.63) is 48.8 Å². The number of fused-ring (bicyclic) bond motifs is 1. The van der Waals surface area contributed by atoms with Crippen LogP contribution in [0.2, 0.25) is 0 Å². The first kappa shape index (κ1) is 19.5. The van der Waals surface area contributed by atoms with E-state index in [1.807, 2.05) is 5.01 Å². The molecule has 1 unspecified atom stereocenters. The SMILES string of the molecule is FC(F)c1nc2ccccc2n1C1N=C(Nc2cncnc2)N=CN1N1CCOCC1. The third-order valence-corrected chi connectivity index (χ3v) is 4.95. The van der Waals surface area contributed by atoms with E-state index in [-0.39, 0.29) is 11.8 Å². The number of imidazole rings is 1. The molecule has 12 heteroatoms. The maximum absolute atomic E-state index is 14.0. The molecule has 0 spiro atoms. The minimum absolute atomic E-state index is 0.252. The van der Waals surface area contributed by atoms with Crippen molar-refractivity contribution < 1.29 is 13.5 Å². The van der Waals surface area contributed by atoms with Gasteiger partial charge in [0, 0.05) is 13.1 Å². The number of benzene rings is 1. The Morgan fingerprint density at radius 1 is 1.10 bits per heavy atom. The van der Waals surface area contributed by atoms with Gasteiger partial charge in [-0.3, -0.25) is 9.58 Å². The smallest absolute Gasteiger partial charge is 0.295 e. The van der Waals surface area contributed by atoms with Gasteiger partial charge < -0.3 is 10.1 Å². The number of para-hydroxylation sites is 2. The summed E-state index contributed by atoms with van der Waals surface area (Å²) in [5.74, 6) is -0.104. The number of nitrogens with zero attached hydrogens (tertiary/aromatic N) is 8. The summed E-state index contributed by atoms with van der Waals surface area (Å²) in [6.07, 6.45) is 2.52. The number of nitrogens with one attached hydrogen (secondary N) is 1. The van der Waals surface area contributed by atoms with Crippen LogP contribution in [0.4, 0.5) is 14.5 Å². The van der Waals surface area contributed by atoms with Crippen LogP contribution >= 0.6 is 0 Å². The van der Waals surface area contributed by atoms with Crippen LogP contribution in [0.25, 0.3) is 11.0 Å². The first-order chi connectivity index (χ1) is 15.2. The van der Waals surface area contributed by atoms with E-state index in [4.69, 9.17) is 4.74 Å². The lowest BCUT2D eigenvalue weighted by Crippen LogP contribution is -2.52. The second kappa shape index (κ2) is 8.32. The van der Waals surface area contributed by atoms with E-state index >= 15 is 0 Å². The second-order valence-electron chi connectivity index (χ2n) is 6.87. The molecular formula is C19H19F2N9O. The highest BCUT2D eigenvalue weighted by Gasteiger charge is 2.33. The van der Waals surface area contributed by atoms with Crippen molar-refractivity contribution >= 4 is 29.0 Å². The molecule has 4 heterocycles. The van der Waals surface area contributed by atoms with Gasteiger partial charge in [0.15, 0.2) is 5.82 Å². The molecule has 0 saturated carbocycles. The number of hydrogen-bond donors (Lipinski definition) is 1. The maximum atomic E-state index is 14.0. The van der Waals surface area contributed by atoms with Crippen LogP contribution in [0.3, 0.4) is 0 Å². The van der Waals surface area contributed by atoms with E-state index in [2.05, 4.69) is 30.3 Å². The zero-order valence-electron chi connectivity index (χ0n) is 16.3. The summed E-state index contributed by atoms with van der Waals surface area (Å²) in [6, 6.07) is 7.02. The summed E-state index contributed by atoms with van der Waals surface area (Å²) in [4.78, 5) is 21.1. The van der Waals surface area contributed by atoms with Crippen LogP contribution in [0, 0.1) is 0 Å². The summed E-state index contributed by atoms with van der Waals surface area (Å²) in [5, 5.41) is 6.75. The number of guanidine groups is 1. The predicted octanol–water partition coefficient (Wildman–Crippen LogP) is 2.28. The molecule has 0 aliphatic carbocycles. The Kier molecular flexibility index (Phi) is 5.22. The Bertz CT molecular complexity index is 1110. The molecule has 160 valence electrons.